The zero-order valence-corrected chi connectivity index (χ0v) is 9.87. The lowest BCUT2D eigenvalue weighted by Gasteiger charge is -2.43. The lowest BCUT2D eigenvalue weighted by molar-refractivity contribution is -0.313. The number of rotatable bonds is 4. The predicted octanol–water partition coefficient (Wildman–Crippen LogP) is 1.20. The molecule has 1 heterocycles. The highest BCUT2D eigenvalue weighted by Crippen LogP contribution is 2.43. The van der Waals surface area contributed by atoms with Gasteiger partial charge < -0.3 is 14.2 Å². The first-order chi connectivity index (χ1) is 8.28. The van der Waals surface area contributed by atoms with E-state index in [9.17, 15) is 22.8 Å². The minimum absolute atomic E-state index is 0.0694. The SMILES string of the molecule is CCOC(=O)C1(C(=O)OCC)C[C@H](C(F)(F)F)O1. The van der Waals surface area contributed by atoms with Crippen molar-refractivity contribution in [2.75, 3.05) is 13.2 Å². The largest absolute Gasteiger partial charge is 0.463 e. The number of ether oxygens (including phenoxy) is 3. The third kappa shape index (κ3) is 2.58. The molecule has 0 aromatic rings. The summed E-state index contributed by atoms with van der Waals surface area (Å²) in [6.07, 6.45) is -7.58. The van der Waals surface area contributed by atoms with E-state index in [1.165, 1.54) is 13.8 Å². The summed E-state index contributed by atoms with van der Waals surface area (Å²) in [5.74, 6) is -2.30. The first-order valence-electron chi connectivity index (χ1n) is 5.37. The van der Waals surface area contributed by atoms with Crippen LogP contribution in [0.2, 0.25) is 0 Å². The van der Waals surface area contributed by atoms with E-state index in [0.29, 0.717) is 0 Å². The molecular weight excluding hydrogens is 257 g/mol. The molecule has 0 aromatic heterocycles. The van der Waals surface area contributed by atoms with Crippen LogP contribution in [-0.2, 0) is 23.8 Å². The maximum absolute atomic E-state index is 12.3. The van der Waals surface area contributed by atoms with Crippen LogP contribution in [0.5, 0.6) is 0 Å². The minimum Gasteiger partial charge on any atom is -0.463 e. The molecule has 1 saturated heterocycles. The van der Waals surface area contributed by atoms with Gasteiger partial charge in [0.1, 0.15) is 0 Å². The molecule has 1 aliphatic rings. The molecule has 0 radical (unpaired) electrons. The van der Waals surface area contributed by atoms with E-state index in [1.54, 1.807) is 0 Å². The van der Waals surface area contributed by atoms with Crippen molar-refractivity contribution < 1.29 is 37.0 Å². The molecule has 0 aromatic carbocycles. The van der Waals surface area contributed by atoms with Crippen LogP contribution in [-0.4, -0.2) is 43.0 Å². The molecule has 8 heteroatoms. The van der Waals surface area contributed by atoms with Crippen LogP contribution in [0.4, 0.5) is 13.2 Å². The van der Waals surface area contributed by atoms with E-state index in [-0.39, 0.29) is 13.2 Å². The fraction of sp³-hybridized carbons (Fsp3) is 0.800. The Morgan fingerprint density at radius 3 is 1.89 bits per heavy atom. The second-order valence-electron chi connectivity index (χ2n) is 3.62. The van der Waals surface area contributed by atoms with Gasteiger partial charge >= 0.3 is 18.1 Å². The van der Waals surface area contributed by atoms with Gasteiger partial charge in [-0.1, -0.05) is 0 Å². The highest BCUT2D eigenvalue weighted by molar-refractivity contribution is 6.04. The Balaban J connectivity index is 2.81. The van der Waals surface area contributed by atoms with E-state index in [0.717, 1.165) is 0 Å². The topological polar surface area (TPSA) is 61.8 Å². The van der Waals surface area contributed by atoms with Crippen LogP contribution in [0.1, 0.15) is 20.3 Å². The van der Waals surface area contributed by atoms with Crippen LogP contribution < -0.4 is 0 Å². The van der Waals surface area contributed by atoms with Crippen LogP contribution in [0.3, 0.4) is 0 Å². The molecule has 0 aliphatic carbocycles. The summed E-state index contributed by atoms with van der Waals surface area (Å²) in [5.41, 5.74) is -2.27. The lowest BCUT2D eigenvalue weighted by atomic mass is 9.88. The highest BCUT2D eigenvalue weighted by Gasteiger charge is 2.67. The molecule has 1 aliphatic heterocycles. The van der Waals surface area contributed by atoms with Gasteiger partial charge in [0.15, 0.2) is 6.10 Å². The number of esters is 2. The summed E-state index contributed by atoms with van der Waals surface area (Å²) in [7, 11) is 0. The maximum atomic E-state index is 12.3. The van der Waals surface area contributed by atoms with E-state index in [2.05, 4.69) is 14.2 Å². The quantitative estimate of drug-likeness (QED) is 0.567. The van der Waals surface area contributed by atoms with Crippen LogP contribution in [0.15, 0.2) is 0 Å². The Hall–Kier alpha value is -1.31. The smallest absolute Gasteiger partial charge is 0.414 e. The minimum atomic E-state index is -4.62. The molecule has 0 N–H and O–H groups in total. The van der Waals surface area contributed by atoms with Crippen molar-refractivity contribution in [1.29, 1.82) is 0 Å². The fourth-order valence-corrected chi connectivity index (χ4v) is 1.52. The molecule has 5 nitrogen and oxygen atoms in total. The Labute approximate surface area is 101 Å². The molecule has 1 fully saturated rings. The number of carbonyl (C=O) groups is 2. The van der Waals surface area contributed by atoms with Gasteiger partial charge in [0.2, 0.25) is 0 Å². The van der Waals surface area contributed by atoms with Crippen molar-refractivity contribution in [2.45, 2.75) is 38.1 Å². The summed E-state index contributed by atoms with van der Waals surface area (Å²) >= 11 is 0. The van der Waals surface area contributed by atoms with Gasteiger partial charge in [0, 0.05) is 6.42 Å². The van der Waals surface area contributed by atoms with E-state index in [1.807, 2.05) is 0 Å². The summed E-state index contributed by atoms with van der Waals surface area (Å²) in [4.78, 5) is 23.0. The average Bonchev–Trinajstić information content (AvgIpc) is 2.14. The van der Waals surface area contributed by atoms with Crippen molar-refractivity contribution in [3.8, 4) is 0 Å². The molecule has 0 spiro atoms. The normalized spacial score (nSPS) is 21.9. The van der Waals surface area contributed by atoms with Crippen LogP contribution in [0.25, 0.3) is 0 Å². The summed E-state index contributed by atoms with van der Waals surface area (Å²) < 4.78 is 50.5. The number of alkyl halides is 3. The molecule has 0 amide bonds. The van der Waals surface area contributed by atoms with Crippen LogP contribution >= 0.6 is 0 Å². The second kappa shape index (κ2) is 5.13. The Kier molecular flexibility index (Phi) is 4.20. The van der Waals surface area contributed by atoms with Crippen molar-refractivity contribution in [2.24, 2.45) is 0 Å². The van der Waals surface area contributed by atoms with E-state index >= 15 is 0 Å². The molecule has 1 atom stereocenters. The van der Waals surface area contributed by atoms with Gasteiger partial charge in [0.05, 0.1) is 13.2 Å². The van der Waals surface area contributed by atoms with Gasteiger partial charge in [-0.2, -0.15) is 13.2 Å². The van der Waals surface area contributed by atoms with Gasteiger partial charge in [-0.15, -0.1) is 0 Å². The Bertz CT molecular complexity index is 313. The fourth-order valence-electron chi connectivity index (χ4n) is 1.52. The number of hydrogen-bond acceptors (Lipinski definition) is 5. The van der Waals surface area contributed by atoms with Crippen molar-refractivity contribution in [1.82, 2.24) is 0 Å². The molecule has 1 rings (SSSR count). The van der Waals surface area contributed by atoms with Crippen LogP contribution in [0, 0.1) is 0 Å². The Morgan fingerprint density at radius 2 is 1.61 bits per heavy atom. The number of halogens is 3. The van der Waals surface area contributed by atoms with E-state index in [4.69, 9.17) is 0 Å². The van der Waals surface area contributed by atoms with Gasteiger partial charge in [-0.25, -0.2) is 9.59 Å². The number of hydrogen-bond donors (Lipinski definition) is 0. The molecule has 0 bridgehead atoms. The lowest BCUT2D eigenvalue weighted by Crippen LogP contribution is -2.66. The molecule has 18 heavy (non-hydrogen) atoms. The van der Waals surface area contributed by atoms with Crippen molar-refractivity contribution >= 4 is 11.9 Å². The van der Waals surface area contributed by atoms with Crippen molar-refractivity contribution in [3.63, 3.8) is 0 Å². The third-order valence-electron chi connectivity index (χ3n) is 2.39. The zero-order valence-electron chi connectivity index (χ0n) is 9.87. The average molecular weight is 270 g/mol. The molecule has 104 valence electrons. The van der Waals surface area contributed by atoms with Crippen molar-refractivity contribution in [3.05, 3.63) is 0 Å². The Morgan fingerprint density at radius 1 is 1.22 bits per heavy atom. The number of carbonyl (C=O) groups excluding carboxylic acids is 2. The van der Waals surface area contributed by atoms with Gasteiger partial charge in [-0.3, -0.25) is 0 Å². The molecule has 0 saturated carbocycles. The summed E-state index contributed by atoms with van der Waals surface area (Å²) in [6, 6.07) is 0. The summed E-state index contributed by atoms with van der Waals surface area (Å²) in [5, 5.41) is 0. The molecule has 0 unspecified atom stereocenters. The predicted molar refractivity (Wildman–Crippen MR) is 51.5 cm³/mol. The highest BCUT2D eigenvalue weighted by atomic mass is 19.4. The first kappa shape index (κ1) is 14.7. The van der Waals surface area contributed by atoms with Gasteiger partial charge in [0.25, 0.3) is 5.60 Å². The second-order valence-corrected chi connectivity index (χ2v) is 3.62. The standard InChI is InChI=1S/C10H13F3O5/c1-3-16-7(14)9(8(15)17-4-2)5-6(18-9)10(11,12)13/h6H,3-5H2,1-2H3/t6-/m1/s1. The monoisotopic (exact) mass is 270 g/mol. The first-order valence-corrected chi connectivity index (χ1v) is 5.37. The molecular formula is C10H13F3O5. The van der Waals surface area contributed by atoms with Gasteiger partial charge in [-0.05, 0) is 13.8 Å². The zero-order chi connectivity index (χ0) is 14.0. The third-order valence-corrected chi connectivity index (χ3v) is 2.39. The van der Waals surface area contributed by atoms with E-state index < -0.39 is 36.2 Å². The summed E-state index contributed by atoms with van der Waals surface area (Å²) in [6.45, 7) is 2.80. The maximum Gasteiger partial charge on any atom is 0.414 e.